The number of ether oxygens (including phenoxy) is 3. The molecule has 1 heterocycles. The number of amides is 1. The monoisotopic (exact) mass is 490 g/mol. The quantitative estimate of drug-likeness (QED) is 0.348. The van der Waals surface area contributed by atoms with Gasteiger partial charge in [-0.25, -0.2) is 4.98 Å². The van der Waals surface area contributed by atoms with Crippen LogP contribution in [0.1, 0.15) is 12.0 Å². The van der Waals surface area contributed by atoms with Crippen LogP contribution in [0, 0.1) is 0 Å². The van der Waals surface area contributed by atoms with Gasteiger partial charge in [-0.15, -0.1) is 0 Å². The van der Waals surface area contributed by atoms with Gasteiger partial charge in [0, 0.05) is 30.4 Å². The van der Waals surface area contributed by atoms with Gasteiger partial charge in [0.1, 0.15) is 5.82 Å². The van der Waals surface area contributed by atoms with Crippen molar-refractivity contribution in [3.05, 3.63) is 58.2 Å². The first-order valence-electron chi connectivity index (χ1n) is 9.91. The van der Waals surface area contributed by atoms with Gasteiger partial charge in [0.15, 0.2) is 11.5 Å². The summed E-state index contributed by atoms with van der Waals surface area (Å²) in [6.45, 7) is 0. The van der Waals surface area contributed by atoms with Gasteiger partial charge >= 0.3 is 0 Å². The van der Waals surface area contributed by atoms with E-state index in [1.54, 1.807) is 39.7 Å². The lowest BCUT2D eigenvalue weighted by molar-refractivity contribution is -0.116. The summed E-state index contributed by atoms with van der Waals surface area (Å²) in [7, 11) is 4.64. The number of aromatic nitrogens is 1. The van der Waals surface area contributed by atoms with E-state index in [0.717, 1.165) is 5.56 Å². The Morgan fingerprint density at radius 3 is 2.33 bits per heavy atom. The maximum absolute atomic E-state index is 12.5. The maximum atomic E-state index is 12.5. The molecule has 3 aromatic rings. The van der Waals surface area contributed by atoms with Crippen LogP contribution in [0.3, 0.4) is 0 Å². The van der Waals surface area contributed by atoms with Crippen LogP contribution in [0.2, 0.25) is 10.0 Å². The molecular weight excluding hydrogens is 467 g/mol. The Bertz CT molecular complexity index is 1130. The van der Waals surface area contributed by atoms with Crippen molar-refractivity contribution < 1.29 is 19.0 Å². The highest BCUT2D eigenvalue weighted by molar-refractivity contribution is 6.42. The average Bonchev–Trinajstić information content (AvgIpc) is 2.81. The fourth-order valence-corrected chi connectivity index (χ4v) is 3.51. The Morgan fingerprint density at radius 2 is 1.70 bits per heavy atom. The molecule has 33 heavy (non-hydrogen) atoms. The zero-order chi connectivity index (χ0) is 24.0. The Balaban J connectivity index is 1.74. The Morgan fingerprint density at radius 1 is 1.03 bits per heavy atom. The van der Waals surface area contributed by atoms with Gasteiger partial charge in [0.2, 0.25) is 11.7 Å². The second kappa shape index (κ2) is 11.0. The fraction of sp³-hybridized carbons (Fsp3) is 0.217. The smallest absolute Gasteiger partial charge is 0.224 e. The number of rotatable bonds is 9. The van der Waals surface area contributed by atoms with E-state index < -0.39 is 0 Å². The number of hydrogen-bond donors (Lipinski definition) is 3. The zero-order valence-corrected chi connectivity index (χ0v) is 19.9. The van der Waals surface area contributed by atoms with Crippen LogP contribution in [-0.4, -0.2) is 32.2 Å². The van der Waals surface area contributed by atoms with Crippen molar-refractivity contribution in [2.24, 2.45) is 0 Å². The molecule has 0 saturated heterocycles. The minimum Gasteiger partial charge on any atom is -0.493 e. The van der Waals surface area contributed by atoms with E-state index in [0.29, 0.717) is 56.6 Å². The molecule has 1 amide bonds. The number of carbonyl (C=O) groups is 1. The molecule has 0 atom stereocenters. The summed E-state index contributed by atoms with van der Waals surface area (Å²) < 4.78 is 16.2. The van der Waals surface area contributed by atoms with Crippen molar-refractivity contribution in [3.8, 4) is 17.2 Å². The molecule has 0 unspecified atom stereocenters. The Kier molecular flexibility index (Phi) is 8.08. The van der Waals surface area contributed by atoms with Gasteiger partial charge in [-0.3, -0.25) is 4.79 Å². The molecule has 0 fully saturated rings. The van der Waals surface area contributed by atoms with Gasteiger partial charge in [-0.05, 0) is 30.2 Å². The number of aryl methyl sites for hydroxylation is 1. The van der Waals surface area contributed by atoms with E-state index in [4.69, 9.17) is 43.1 Å². The van der Waals surface area contributed by atoms with Gasteiger partial charge in [-0.1, -0.05) is 29.3 Å². The third-order valence-electron chi connectivity index (χ3n) is 4.81. The molecule has 8 nitrogen and oxygen atoms in total. The molecule has 1 aromatic heterocycles. The van der Waals surface area contributed by atoms with Crippen LogP contribution in [0.5, 0.6) is 17.2 Å². The van der Waals surface area contributed by atoms with Crippen molar-refractivity contribution in [1.82, 2.24) is 4.98 Å². The molecule has 2 aromatic carbocycles. The molecule has 10 heteroatoms. The lowest BCUT2D eigenvalue weighted by Crippen LogP contribution is -2.14. The second-order valence-electron chi connectivity index (χ2n) is 6.95. The molecule has 0 aliphatic carbocycles. The first-order valence-corrected chi connectivity index (χ1v) is 10.7. The van der Waals surface area contributed by atoms with Gasteiger partial charge < -0.3 is 30.6 Å². The van der Waals surface area contributed by atoms with E-state index >= 15 is 0 Å². The number of nitrogens with one attached hydrogen (secondary N) is 2. The number of halogens is 2. The fourth-order valence-electron chi connectivity index (χ4n) is 3.17. The minimum absolute atomic E-state index is 0.204. The average molecular weight is 491 g/mol. The number of hydrogen-bond acceptors (Lipinski definition) is 7. The maximum Gasteiger partial charge on any atom is 0.224 e. The van der Waals surface area contributed by atoms with E-state index in [-0.39, 0.29) is 12.3 Å². The molecule has 0 radical (unpaired) electrons. The third-order valence-corrected chi connectivity index (χ3v) is 5.53. The number of nitrogen functional groups attached to an aromatic ring is 1. The molecule has 4 N–H and O–H groups in total. The predicted octanol–water partition coefficient (Wildman–Crippen LogP) is 5.31. The van der Waals surface area contributed by atoms with Gasteiger partial charge in [0.05, 0.1) is 42.7 Å². The SMILES string of the molecule is COc1cc(Nc2ncccc2CCC(=O)Nc2cc(Cl)c(Cl)cc2N)cc(OC)c1OC. The lowest BCUT2D eigenvalue weighted by Gasteiger charge is -2.16. The van der Waals surface area contributed by atoms with E-state index in [9.17, 15) is 4.79 Å². The van der Waals surface area contributed by atoms with Crippen molar-refractivity contribution in [1.29, 1.82) is 0 Å². The van der Waals surface area contributed by atoms with Crippen LogP contribution < -0.4 is 30.6 Å². The number of anilines is 4. The van der Waals surface area contributed by atoms with Crippen LogP contribution in [0.4, 0.5) is 22.9 Å². The highest BCUT2D eigenvalue weighted by Crippen LogP contribution is 2.40. The summed E-state index contributed by atoms with van der Waals surface area (Å²) in [5, 5.41) is 6.66. The van der Waals surface area contributed by atoms with Crippen LogP contribution in [0.25, 0.3) is 0 Å². The Hall–Kier alpha value is -3.36. The second-order valence-corrected chi connectivity index (χ2v) is 7.77. The summed E-state index contributed by atoms with van der Waals surface area (Å²) in [6, 6.07) is 10.3. The molecule has 0 aliphatic rings. The zero-order valence-electron chi connectivity index (χ0n) is 18.4. The van der Waals surface area contributed by atoms with Crippen molar-refractivity contribution in [2.75, 3.05) is 37.7 Å². The number of benzene rings is 2. The normalized spacial score (nSPS) is 10.5. The number of pyridine rings is 1. The molecule has 174 valence electrons. The summed E-state index contributed by atoms with van der Waals surface area (Å²) in [4.78, 5) is 16.9. The number of nitrogens with zero attached hydrogens (tertiary/aromatic N) is 1. The molecule has 0 aliphatic heterocycles. The molecular formula is C23H24Cl2N4O4. The van der Waals surface area contributed by atoms with E-state index in [1.165, 1.54) is 12.1 Å². The molecule has 0 spiro atoms. The number of nitrogens with two attached hydrogens (primary N) is 1. The van der Waals surface area contributed by atoms with Gasteiger partial charge in [-0.2, -0.15) is 0 Å². The Labute approximate surface area is 202 Å². The van der Waals surface area contributed by atoms with Crippen LogP contribution in [-0.2, 0) is 11.2 Å². The summed E-state index contributed by atoms with van der Waals surface area (Å²) >= 11 is 12.0. The summed E-state index contributed by atoms with van der Waals surface area (Å²) in [6.07, 6.45) is 2.31. The molecule has 3 rings (SSSR count). The molecule has 0 bridgehead atoms. The summed E-state index contributed by atoms with van der Waals surface area (Å²) in [5.74, 6) is 1.90. The number of methoxy groups -OCH3 is 3. The standard InChI is InChI=1S/C23H24Cl2N4O4/c1-31-19-9-14(10-20(32-2)22(19)33-3)28-23-13(5-4-8-27-23)6-7-21(30)29-18-12-16(25)15(24)11-17(18)26/h4-5,8-12H,6-7,26H2,1-3H3,(H,27,28)(H,29,30). The number of carbonyl (C=O) groups excluding carboxylic acids is 1. The summed E-state index contributed by atoms with van der Waals surface area (Å²) in [5.41, 5.74) is 8.21. The third kappa shape index (κ3) is 5.91. The highest BCUT2D eigenvalue weighted by Gasteiger charge is 2.15. The van der Waals surface area contributed by atoms with Gasteiger partial charge in [0.25, 0.3) is 0 Å². The lowest BCUT2D eigenvalue weighted by atomic mass is 10.1. The van der Waals surface area contributed by atoms with Crippen molar-refractivity contribution in [2.45, 2.75) is 12.8 Å². The molecule has 0 saturated carbocycles. The highest BCUT2D eigenvalue weighted by atomic mass is 35.5. The van der Waals surface area contributed by atoms with Crippen LogP contribution >= 0.6 is 23.2 Å². The van der Waals surface area contributed by atoms with E-state index in [2.05, 4.69) is 15.6 Å². The van der Waals surface area contributed by atoms with E-state index in [1.807, 2.05) is 12.1 Å². The first-order chi connectivity index (χ1) is 15.9. The topological polar surface area (TPSA) is 108 Å². The van der Waals surface area contributed by atoms with Crippen molar-refractivity contribution >= 4 is 52.0 Å². The first kappa shape index (κ1) is 24.3. The van der Waals surface area contributed by atoms with Crippen LogP contribution in [0.15, 0.2) is 42.6 Å². The van der Waals surface area contributed by atoms with Crippen molar-refractivity contribution in [3.63, 3.8) is 0 Å². The minimum atomic E-state index is -0.220. The largest absolute Gasteiger partial charge is 0.493 e. The predicted molar refractivity (Wildman–Crippen MR) is 131 cm³/mol.